The Labute approximate surface area is 103 Å². The highest BCUT2D eigenvalue weighted by Crippen LogP contribution is 2.15. The molecule has 0 heterocycles. The molecule has 1 aromatic carbocycles. The Bertz CT molecular complexity index is 307. The van der Waals surface area contributed by atoms with E-state index < -0.39 is 0 Å². The van der Waals surface area contributed by atoms with E-state index in [1.807, 2.05) is 17.8 Å². The van der Waals surface area contributed by atoms with Crippen LogP contribution in [0.15, 0.2) is 22.7 Å². The molecule has 0 radical (unpaired) electrons. The van der Waals surface area contributed by atoms with E-state index in [9.17, 15) is 4.39 Å². The summed E-state index contributed by atoms with van der Waals surface area (Å²) in [7, 11) is 0. The molecule has 0 aliphatic rings. The zero-order valence-corrected chi connectivity index (χ0v) is 11.1. The predicted molar refractivity (Wildman–Crippen MR) is 68.8 cm³/mol. The minimum Gasteiger partial charge on any atom is -0.312 e. The number of nitrogens with one attached hydrogen (secondary N) is 1. The normalized spacial score (nSPS) is 10.6. The van der Waals surface area contributed by atoms with Crippen LogP contribution < -0.4 is 5.32 Å². The van der Waals surface area contributed by atoms with Gasteiger partial charge in [-0.25, -0.2) is 4.39 Å². The summed E-state index contributed by atoms with van der Waals surface area (Å²) in [5.41, 5.74) is 0.714. The van der Waals surface area contributed by atoms with Crippen molar-refractivity contribution in [3.05, 3.63) is 34.1 Å². The zero-order valence-electron chi connectivity index (χ0n) is 8.72. The molecule has 15 heavy (non-hydrogen) atoms. The van der Waals surface area contributed by atoms with Gasteiger partial charge >= 0.3 is 0 Å². The lowest BCUT2D eigenvalue weighted by atomic mass is 10.2. The van der Waals surface area contributed by atoms with Crippen LogP contribution in [0.5, 0.6) is 0 Å². The molecule has 0 fully saturated rings. The predicted octanol–water partition coefficient (Wildman–Crippen LogP) is 3.43. The second-order valence-corrected chi connectivity index (χ2v) is 5.42. The summed E-state index contributed by atoms with van der Waals surface area (Å²) >= 11 is 5.22. The van der Waals surface area contributed by atoms with Crippen molar-refractivity contribution in [1.82, 2.24) is 5.32 Å². The fourth-order valence-corrected chi connectivity index (χ4v) is 2.18. The summed E-state index contributed by atoms with van der Waals surface area (Å²) in [6.07, 6.45) is 0. The second kappa shape index (κ2) is 7.25. The van der Waals surface area contributed by atoms with E-state index in [4.69, 9.17) is 0 Å². The summed E-state index contributed by atoms with van der Waals surface area (Å²) in [5, 5.41) is 3.22. The Balaban J connectivity index is 2.33. The Morgan fingerprint density at radius 3 is 3.00 bits per heavy atom. The van der Waals surface area contributed by atoms with Crippen LogP contribution in [0.1, 0.15) is 12.5 Å². The first-order valence-electron chi connectivity index (χ1n) is 4.96. The van der Waals surface area contributed by atoms with Gasteiger partial charge in [0.1, 0.15) is 5.82 Å². The fourth-order valence-electron chi connectivity index (χ4n) is 1.19. The van der Waals surface area contributed by atoms with Gasteiger partial charge in [-0.05, 0) is 24.0 Å². The van der Waals surface area contributed by atoms with Crippen LogP contribution in [0, 0.1) is 5.82 Å². The topological polar surface area (TPSA) is 12.0 Å². The maximum atomic E-state index is 13.3. The van der Waals surface area contributed by atoms with Gasteiger partial charge in [-0.15, -0.1) is 0 Å². The molecule has 1 rings (SSSR count). The van der Waals surface area contributed by atoms with Crippen LogP contribution in [0.3, 0.4) is 0 Å². The quantitative estimate of drug-likeness (QED) is 0.806. The number of thioether (sulfide) groups is 1. The van der Waals surface area contributed by atoms with Crippen LogP contribution in [0.4, 0.5) is 4.39 Å². The second-order valence-electron chi connectivity index (χ2n) is 3.11. The monoisotopic (exact) mass is 291 g/mol. The molecule has 1 N–H and O–H groups in total. The summed E-state index contributed by atoms with van der Waals surface area (Å²) in [5.74, 6) is 2.06. The first kappa shape index (κ1) is 13.0. The first-order chi connectivity index (χ1) is 7.24. The van der Waals surface area contributed by atoms with E-state index in [-0.39, 0.29) is 5.82 Å². The van der Waals surface area contributed by atoms with Gasteiger partial charge in [0.15, 0.2) is 0 Å². The van der Waals surface area contributed by atoms with Crippen molar-refractivity contribution in [2.45, 2.75) is 13.5 Å². The van der Waals surface area contributed by atoms with Gasteiger partial charge < -0.3 is 5.32 Å². The van der Waals surface area contributed by atoms with Crippen LogP contribution in [-0.2, 0) is 6.54 Å². The number of halogens is 2. The zero-order chi connectivity index (χ0) is 11.1. The smallest absolute Gasteiger partial charge is 0.127 e. The third kappa shape index (κ3) is 5.00. The molecule has 0 amide bonds. The number of hydrogen-bond donors (Lipinski definition) is 1. The molecule has 0 bridgehead atoms. The summed E-state index contributed by atoms with van der Waals surface area (Å²) in [6, 6.07) is 5.02. The van der Waals surface area contributed by atoms with Crippen LogP contribution >= 0.6 is 27.7 Å². The van der Waals surface area contributed by atoms with Crippen molar-refractivity contribution >= 4 is 27.7 Å². The van der Waals surface area contributed by atoms with Gasteiger partial charge in [-0.1, -0.05) is 22.9 Å². The number of benzene rings is 1. The van der Waals surface area contributed by atoms with Gasteiger partial charge in [0.05, 0.1) is 0 Å². The molecule has 0 unspecified atom stereocenters. The molecule has 0 aliphatic carbocycles. The van der Waals surface area contributed by atoms with E-state index in [1.54, 1.807) is 6.07 Å². The average molecular weight is 292 g/mol. The Kier molecular flexibility index (Phi) is 6.29. The van der Waals surface area contributed by atoms with E-state index in [1.165, 1.54) is 6.07 Å². The molecule has 0 aromatic heterocycles. The van der Waals surface area contributed by atoms with Gasteiger partial charge in [-0.3, -0.25) is 0 Å². The standard InChI is InChI=1S/C11H15BrFNS/c1-2-15-6-5-14-8-9-7-10(12)3-4-11(9)13/h3-4,7,14H,2,5-6,8H2,1H3. The lowest BCUT2D eigenvalue weighted by Gasteiger charge is -2.06. The third-order valence-corrected chi connectivity index (χ3v) is 3.34. The van der Waals surface area contributed by atoms with E-state index in [0.717, 1.165) is 22.5 Å². The molecule has 0 atom stereocenters. The molecule has 4 heteroatoms. The van der Waals surface area contributed by atoms with Crippen LogP contribution in [-0.4, -0.2) is 18.1 Å². The first-order valence-corrected chi connectivity index (χ1v) is 6.91. The van der Waals surface area contributed by atoms with Crippen molar-refractivity contribution in [2.24, 2.45) is 0 Å². The molecule has 1 aromatic rings. The summed E-state index contributed by atoms with van der Waals surface area (Å²) < 4.78 is 14.2. The number of hydrogen-bond acceptors (Lipinski definition) is 2. The largest absolute Gasteiger partial charge is 0.312 e. The van der Waals surface area contributed by atoms with Crippen LogP contribution in [0.25, 0.3) is 0 Å². The molecule has 1 nitrogen and oxygen atoms in total. The van der Waals surface area contributed by atoms with Crippen molar-refractivity contribution in [3.8, 4) is 0 Å². The Morgan fingerprint density at radius 1 is 1.47 bits per heavy atom. The van der Waals surface area contributed by atoms with E-state index in [0.29, 0.717) is 12.1 Å². The molecular formula is C11H15BrFNS. The van der Waals surface area contributed by atoms with Crippen molar-refractivity contribution in [2.75, 3.05) is 18.1 Å². The van der Waals surface area contributed by atoms with Gasteiger partial charge in [-0.2, -0.15) is 11.8 Å². The van der Waals surface area contributed by atoms with E-state index in [2.05, 4.69) is 28.2 Å². The van der Waals surface area contributed by atoms with Crippen molar-refractivity contribution in [3.63, 3.8) is 0 Å². The van der Waals surface area contributed by atoms with Crippen molar-refractivity contribution < 1.29 is 4.39 Å². The maximum Gasteiger partial charge on any atom is 0.127 e. The highest BCUT2D eigenvalue weighted by molar-refractivity contribution is 9.10. The highest BCUT2D eigenvalue weighted by Gasteiger charge is 2.01. The van der Waals surface area contributed by atoms with Gasteiger partial charge in [0.2, 0.25) is 0 Å². The third-order valence-electron chi connectivity index (χ3n) is 1.95. The average Bonchev–Trinajstić information content (AvgIpc) is 2.23. The highest BCUT2D eigenvalue weighted by atomic mass is 79.9. The van der Waals surface area contributed by atoms with Crippen molar-refractivity contribution in [1.29, 1.82) is 0 Å². The SMILES string of the molecule is CCSCCNCc1cc(Br)ccc1F. The molecule has 84 valence electrons. The molecular weight excluding hydrogens is 277 g/mol. The van der Waals surface area contributed by atoms with E-state index >= 15 is 0 Å². The minimum absolute atomic E-state index is 0.145. The Hall–Kier alpha value is -0.0600. The molecule has 0 saturated heterocycles. The van der Waals surface area contributed by atoms with Gasteiger partial charge in [0.25, 0.3) is 0 Å². The Morgan fingerprint density at radius 2 is 2.27 bits per heavy atom. The fraction of sp³-hybridized carbons (Fsp3) is 0.455. The summed E-state index contributed by atoms with van der Waals surface area (Å²) in [6.45, 7) is 3.65. The lowest BCUT2D eigenvalue weighted by Crippen LogP contribution is -2.17. The van der Waals surface area contributed by atoms with Gasteiger partial charge in [0, 0.05) is 28.9 Å². The molecule has 0 saturated carbocycles. The molecule has 0 spiro atoms. The summed E-state index contributed by atoms with van der Waals surface area (Å²) in [4.78, 5) is 0. The number of rotatable bonds is 6. The maximum absolute atomic E-state index is 13.3. The lowest BCUT2D eigenvalue weighted by molar-refractivity contribution is 0.593. The molecule has 0 aliphatic heterocycles. The van der Waals surface area contributed by atoms with Crippen LogP contribution in [0.2, 0.25) is 0 Å². The minimum atomic E-state index is -0.145.